The van der Waals surface area contributed by atoms with Crippen LogP contribution in [0.1, 0.15) is 35.1 Å². The zero-order valence-electron chi connectivity index (χ0n) is 11.0. The van der Waals surface area contributed by atoms with Crippen molar-refractivity contribution in [3.63, 3.8) is 0 Å². The molecule has 1 rings (SSSR count). The number of alkyl halides is 1. The molecule has 1 aromatic heterocycles. The molecule has 0 saturated carbocycles. The van der Waals surface area contributed by atoms with E-state index in [1.165, 1.54) is 0 Å². The van der Waals surface area contributed by atoms with Crippen LogP contribution in [-0.4, -0.2) is 28.8 Å². The number of ketones is 1. The van der Waals surface area contributed by atoms with Gasteiger partial charge in [-0.25, -0.2) is 0 Å². The number of esters is 1. The van der Waals surface area contributed by atoms with Gasteiger partial charge < -0.3 is 9.30 Å². The van der Waals surface area contributed by atoms with E-state index in [4.69, 9.17) is 16.3 Å². The summed E-state index contributed by atoms with van der Waals surface area (Å²) in [5.41, 5.74) is 2.43. The monoisotopic (exact) mass is 271 g/mol. The molecule has 0 aromatic carbocycles. The number of aromatic nitrogens is 1. The molecule has 0 aliphatic rings. The van der Waals surface area contributed by atoms with Gasteiger partial charge >= 0.3 is 5.97 Å². The lowest BCUT2D eigenvalue weighted by molar-refractivity contribution is -0.143. The van der Waals surface area contributed by atoms with Crippen LogP contribution in [0, 0.1) is 13.8 Å². The van der Waals surface area contributed by atoms with E-state index in [2.05, 4.69) is 0 Å². The fourth-order valence-electron chi connectivity index (χ4n) is 1.94. The second-order valence-corrected chi connectivity index (χ2v) is 4.32. The summed E-state index contributed by atoms with van der Waals surface area (Å²) in [6.45, 7) is 6.45. The fraction of sp³-hybridized carbons (Fsp3) is 0.538. The SMILES string of the molecule is CCOC(=O)CCn1c(C)cc(C(=O)CCl)c1C. The molecular weight excluding hydrogens is 254 g/mol. The molecule has 0 saturated heterocycles. The van der Waals surface area contributed by atoms with Gasteiger partial charge in [0, 0.05) is 23.5 Å². The van der Waals surface area contributed by atoms with Crippen molar-refractivity contribution >= 4 is 23.4 Å². The van der Waals surface area contributed by atoms with Gasteiger partial charge in [0.1, 0.15) is 0 Å². The van der Waals surface area contributed by atoms with Gasteiger partial charge in [0.15, 0.2) is 5.78 Å². The average molecular weight is 272 g/mol. The number of carbonyl (C=O) groups is 2. The van der Waals surface area contributed by atoms with E-state index in [9.17, 15) is 9.59 Å². The van der Waals surface area contributed by atoms with E-state index in [1.54, 1.807) is 6.92 Å². The first kappa shape index (κ1) is 14.8. The Morgan fingerprint density at radius 3 is 2.61 bits per heavy atom. The van der Waals surface area contributed by atoms with Crippen LogP contribution in [0.4, 0.5) is 0 Å². The molecule has 0 unspecified atom stereocenters. The zero-order chi connectivity index (χ0) is 13.7. The van der Waals surface area contributed by atoms with Crippen LogP contribution in [0.3, 0.4) is 0 Å². The summed E-state index contributed by atoms with van der Waals surface area (Å²) in [6, 6.07) is 1.81. The molecule has 100 valence electrons. The Morgan fingerprint density at radius 1 is 1.39 bits per heavy atom. The van der Waals surface area contributed by atoms with Gasteiger partial charge in [-0.05, 0) is 26.8 Å². The minimum absolute atomic E-state index is 0.0256. The van der Waals surface area contributed by atoms with Gasteiger partial charge in [-0.3, -0.25) is 9.59 Å². The first-order valence-electron chi connectivity index (χ1n) is 5.92. The van der Waals surface area contributed by atoms with Crippen molar-refractivity contribution in [2.45, 2.75) is 33.7 Å². The summed E-state index contributed by atoms with van der Waals surface area (Å²) >= 11 is 5.56. The van der Waals surface area contributed by atoms with Crippen LogP contribution < -0.4 is 0 Å². The second-order valence-electron chi connectivity index (χ2n) is 4.05. The van der Waals surface area contributed by atoms with E-state index in [0.717, 1.165) is 11.4 Å². The molecule has 0 amide bonds. The first-order valence-corrected chi connectivity index (χ1v) is 6.46. The summed E-state index contributed by atoms with van der Waals surface area (Å²) in [6.07, 6.45) is 0.304. The molecule has 0 bridgehead atoms. The number of halogens is 1. The molecular formula is C13H18ClNO3. The normalized spacial score (nSPS) is 10.4. The minimum Gasteiger partial charge on any atom is -0.466 e. The van der Waals surface area contributed by atoms with Crippen LogP contribution in [0.25, 0.3) is 0 Å². The summed E-state index contributed by atoms with van der Waals surface area (Å²) < 4.78 is 6.82. The van der Waals surface area contributed by atoms with Gasteiger partial charge in [-0.15, -0.1) is 11.6 Å². The van der Waals surface area contributed by atoms with Crippen molar-refractivity contribution in [3.8, 4) is 0 Å². The molecule has 1 heterocycles. The summed E-state index contributed by atoms with van der Waals surface area (Å²) in [4.78, 5) is 22.9. The topological polar surface area (TPSA) is 48.3 Å². The summed E-state index contributed by atoms with van der Waals surface area (Å²) in [5, 5.41) is 0. The fourth-order valence-corrected chi connectivity index (χ4v) is 2.08. The van der Waals surface area contributed by atoms with Crippen LogP contribution in [-0.2, 0) is 16.1 Å². The van der Waals surface area contributed by atoms with E-state index in [1.807, 2.05) is 24.5 Å². The average Bonchev–Trinajstić information content (AvgIpc) is 2.62. The third-order valence-electron chi connectivity index (χ3n) is 2.84. The smallest absolute Gasteiger partial charge is 0.307 e. The molecule has 0 spiro atoms. The third kappa shape index (κ3) is 3.35. The van der Waals surface area contributed by atoms with Crippen molar-refractivity contribution in [2.24, 2.45) is 0 Å². The number of Topliss-reactive ketones (excluding diaryl/α,β-unsaturated/α-hetero) is 1. The lowest BCUT2D eigenvalue weighted by atomic mass is 10.2. The highest BCUT2D eigenvalue weighted by Crippen LogP contribution is 2.16. The zero-order valence-corrected chi connectivity index (χ0v) is 11.7. The maximum Gasteiger partial charge on any atom is 0.307 e. The Bertz CT molecular complexity index is 451. The number of hydrogen-bond donors (Lipinski definition) is 0. The Balaban J connectivity index is 2.81. The predicted molar refractivity (Wildman–Crippen MR) is 70.2 cm³/mol. The molecule has 5 heteroatoms. The predicted octanol–water partition coefficient (Wildman–Crippen LogP) is 2.48. The van der Waals surface area contributed by atoms with E-state index < -0.39 is 0 Å². The molecule has 4 nitrogen and oxygen atoms in total. The van der Waals surface area contributed by atoms with Crippen LogP contribution in [0.5, 0.6) is 0 Å². The van der Waals surface area contributed by atoms with Gasteiger partial charge in [0.05, 0.1) is 18.9 Å². The first-order chi connectivity index (χ1) is 8.51. The van der Waals surface area contributed by atoms with Crippen molar-refractivity contribution in [2.75, 3.05) is 12.5 Å². The van der Waals surface area contributed by atoms with E-state index >= 15 is 0 Å². The largest absolute Gasteiger partial charge is 0.466 e. The second kappa shape index (κ2) is 6.59. The Labute approximate surface area is 112 Å². The van der Waals surface area contributed by atoms with Crippen molar-refractivity contribution < 1.29 is 14.3 Å². The molecule has 0 aliphatic carbocycles. The Kier molecular flexibility index (Phi) is 5.41. The van der Waals surface area contributed by atoms with Crippen molar-refractivity contribution in [1.82, 2.24) is 4.57 Å². The van der Waals surface area contributed by atoms with Gasteiger partial charge in [-0.1, -0.05) is 0 Å². The van der Waals surface area contributed by atoms with E-state index in [-0.39, 0.29) is 17.6 Å². The quantitative estimate of drug-likeness (QED) is 0.454. The molecule has 0 aliphatic heterocycles. The molecule has 1 aromatic rings. The number of nitrogens with zero attached hydrogens (tertiary/aromatic N) is 1. The lowest BCUT2D eigenvalue weighted by Crippen LogP contribution is -2.11. The molecule has 18 heavy (non-hydrogen) atoms. The van der Waals surface area contributed by atoms with Crippen LogP contribution in [0.2, 0.25) is 0 Å². The Hall–Kier alpha value is -1.29. The standard InChI is InChI=1S/C13H18ClNO3/c1-4-18-13(17)5-6-15-9(2)7-11(10(15)3)12(16)8-14/h7H,4-6,8H2,1-3H3. The number of aryl methyl sites for hydroxylation is 1. The number of hydrogen-bond acceptors (Lipinski definition) is 3. The highest BCUT2D eigenvalue weighted by molar-refractivity contribution is 6.30. The lowest BCUT2D eigenvalue weighted by Gasteiger charge is -2.09. The molecule has 0 N–H and O–H groups in total. The molecule has 0 radical (unpaired) electrons. The molecule has 0 atom stereocenters. The number of rotatable bonds is 6. The number of carbonyl (C=O) groups excluding carboxylic acids is 2. The van der Waals surface area contributed by atoms with Crippen molar-refractivity contribution in [1.29, 1.82) is 0 Å². The number of ether oxygens (including phenoxy) is 1. The summed E-state index contributed by atoms with van der Waals surface area (Å²) in [5.74, 6) is -0.343. The van der Waals surface area contributed by atoms with Gasteiger partial charge in [0.2, 0.25) is 0 Å². The van der Waals surface area contributed by atoms with Gasteiger partial charge in [0.25, 0.3) is 0 Å². The summed E-state index contributed by atoms with van der Waals surface area (Å²) in [7, 11) is 0. The molecule has 0 fully saturated rings. The maximum absolute atomic E-state index is 11.6. The minimum atomic E-state index is -0.227. The Morgan fingerprint density at radius 2 is 2.06 bits per heavy atom. The third-order valence-corrected chi connectivity index (χ3v) is 3.08. The highest BCUT2D eigenvalue weighted by Gasteiger charge is 2.15. The van der Waals surface area contributed by atoms with Gasteiger partial charge in [-0.2, -0.15) is 0 Å². The van der Waals surface area contributed by atoms with Crippen molar-refractivity contribution in [3.05, 3.63) is 23.0 Å². The van der Waals surface area contributed by atoms with E-state index in [0.29, 0.717) is 25.1 Å². The highest BCUT2D eigenvalue weighted by atomic mass is 35.5. The van der Waals surface area contributed by atoms with Crippen LogP contribution >= 0.6 is 11.6 Å². The van der Waals surface area contributed by atoms with Crippen LogP contribution in [0.15, 0.2) is 6.07 Å². The maximum atomic E-state index is 11.6.